The lowest BCUT2D eigenvalue weighted by Gasteiger charge is -2.17. The number of anilines is 1. The van der Waals surface area contributed by atoms with Gasteiger partial charge in [-0.1, -0.05) is 30.3 Å². The van der Waals surface area contributed by atoms with E-state index in [-0.39, 0.29) is 5.91 Å². The average molecular weight is 326 g/mol. The molecule has 2 rings (SSSR count). The third kappa shape index (κ3) is 4.13. The largest absolute Gasteiger partial charge is 0.467 e. The Morgan fingerprint density at radius 3 is 2.25 bits per heavy atom. The molecule has 0 spiro atoms. The number of methoxy groups -OCH3 is 1. The van der Waals surface area contributed by atoms with Crippen LogP contribution >= 0.6 is 0 Å². The molecule has 0 heterocycles. The van der Waals surface area contributed by atoms with Crippen LogP contribution in [0.15, 0.2) is 42.5 Å². The van der Waals surface area contributed by atoms with Crippen molar-refractivity contribution in [2.75, 3.05) is 12.8 Å². The summed E-state index contributed by atoms with van der Waals surface area (Å²) in [5.74, 6) is -0.802. The van der Waals surface area contributed by atoms with Crippen molar-refractivity contribution in [2.45, 2.75) is 26.3 Å². The standard InChI is InChI=1S/C19H22N2O3/c1-12-9-15(10-13(2)17(12)20)18(22)21-16(19(23)24-3)11-14-7-5-4-6-8-14/h4-10,16H,11,20H2,1-3H3,(H,21,22)/t16-/m0/s1. The molecule has 126 valence electrons. The molecule has 0 saturated heterocycles. The Hall–Kier alpha value is -2.82. The van der Waals surface area contributed by atoms with Crippen LogP contribution in [-0.4, -0.2) is 25.0 Å². The van der Waals surface area contributed by atoms with Crippen LogP contribution in [0.4, 0.5) is 5.69 Å². The zero-order chi connectivity index (χ0) is 17.7. The summed E-state index contributed by atoms with van der Waals surface area (Å²) in [6.07, 6.45) is 0.367. The first-order valence-corrected chi connectivity index (χ1v) is 7.71. The highest BCUT2D eigenvalue weighted by molar-refractivity contribution is 5.97. The number of carbonyl (C=O) groups is 2. The van der Waals surface area contributed by atoms with E-state index in [0.717, 1.165) is 16.7 Å². The van der Waals surface area contributed by atoms with Crippen LogP contribution < -0.4 is 11.1 Å². The lowest BCUT2D eigenvalue weighted by molar-refractivity contribution is -0.142. The summed E-state index contributed by atoms with van der Waals surface area (Å²) < 4.78 is 4.81. The lowest BCUT2D eigenvalue weighted by Crippen LogP contribution is -2.43. The molecule has 0 aromatic heterocycles. The molecule has 3 N–H and O–H groups in total. The smallest absolute Gasteiger partial charge is 0.328 e. The summed E-state index contributed by atoms with van der Waals surface area (Å²) in [6, 6.07) is 12.2. The van der Waals surface area contributed by atoms with Gasteiger partial charge in [0.1, 0.15) is 6.04 Å². The minimum atomic E-state index is -0.747. The molecule has 5 heteroatoms. The maximum atomic E-state index is 12.5. The second-order valence-electron chi connectivity index (χ2n) is 5.76. The Kier molecular flexibility index (Phi) is 5.58. The Morgan fingerprint density at radius 1 is 1.12 bits per heavy atom. The van der Waals surface area contributed by atoms with Crippen LogP contribution in [0.25, 0.3) is 0 Å². The van der Waals surface area contributed by atoms with E-state index >= 15 is 0 Å². The fraction of sp³-hybridized carbons (Fsp3) is 0.263. The van der Waals surface area contributed by atoms with Crippen LogP contribution in [-0.2, 0) is 16.0 Å². The number of carbonyl (C=O) groups excluding carboxylic acids is 2. The Labute approximate surface area is 141 Å². The molecule has 0 bridgehead atoms. The first-order valence-electron chi connectivity index (χ1n) is 7.71. The monoisotopic (exact) mass is 326 g/mol. The van der Waals surface area contributed by atoms with E-state index in [4.69, 9.17) is 10.5 Å². The number of nitrogen functional groups attached to an aromatic ring is 1. The predicted molar refractivity (Wildman–Crippen MR) is 93.7 cm³/mol. The molecule has 0 unspecified atom stereocenters. The molecule has 24 heavy (non-hydrogen) atoms. The third-order valence-electron chi connectivity index (χ3n) is 3.93. The molecule has 0 aliphatic heterocycles. The van der Waals surface area contributed by atoms with Gasteiger partial charge >= 0.3 is 5.97 Å². The second-order valence-corrected chi connectivity index (χ2v) is 5.76. The molecule has 0 saturated carbocycles. The molecular formula is C19H22N2O3. The Morgan fingerprint density at radius 2 is 1.71 bits per heavy atom. The summed E-state index contributed by atoms with van der Waals surface area (Å²) in [5, 5.41) is 2.75. The minimum absolute atomic E-state index is 0.326. The molecule has 0 aliphatic rings. The van der Waals surface area contributed by atoms with Crippen molar-refractivity contribution in [3.63, 3.8) is 0 Å². The van der Waals surface area contributed by atoms with Gasteiger partial charge in [0, 0.05) is 17.7 Å². The van der Waals surface area contributed by atoms with Crippen LogP contribution in [0, 0.1) is 13.8 Å². The summed E-state index contributed by atoms with van der Waals surface area (Å²) in [7, 11) is 1.31. The number of nitrogens with two attached hydrogens (primary N) is 1. The van der Waals surface area contributed by atoms with Gasteiger partial charge in [0.25, 0.3) is 5.91 Å². The molecule has 0 aliphatic carbocycles. The summed E-state index contributed by atoms with van der Waals surface area (Å²) in [5.41, 5.74) is 9.66. The van der Waals surface area contributed by atoms with Crippen molar-refractivity contribution in [1.82, 2.24) is 5.32 Å². The zero-order valence-electron chi connectivity index (χ0n) is 14.1. The van der Waals surface area contributed by atoms with E-state index in [1.165, 1.54) is 7.11 Å². The first-order chi connectivity index (χ1) is 11.4. The third-order valence-corrected chi connectivity index (χ3v) is 3.93. The Balaban J connectivity index is 2.20. The van der Waals surface area contributed by atoms with Gasteiger partial charge in [-0.3, -0.25) is 4.79 Å². The van der Waals surface area contributed by atoms with Gasteiger partial charge in [0.05, 0.1) is 7.11 Å². The lowest BCUT2D eigenvalue weighted by atomic mass is 10.0. The molecule has 0 radical (unpaired) electrons. The van der Waals surface area contributed by atoms with Crippen LogP contribution in [0.2, 0.25) is 0 Å². The molecule has 1 amide bonds. The molecule has 5 nitrogen and oxygen atoms in total. The maximum absolute atomic E-state index is 12.5. The summed E-state index contributed by atoms with van der Waals surface area (Å²) in [4.78, 5) is 24.5. The number of rotatable bonds is 5. The van der Waals surface area contributed by atoms with Crippen LogP contribution in [0.3, 0.4) is 0 Å². The van der Waals surface area contributed by atoms with Crippen molar-refractivity contribution in [3.05, 3.63) is 64.7 Å². The van der Waals surface area contributed by atoms with Gasteiger partial charge in [-0.15, -0.1) is 0 Å². The number of aryl methyl sites for hydroxylation is 2. The van der Waals surface area contributed by atoms with E-state index in [2.05, 4.69) is 5.32 Å². The highest BCUT2D eigenvalue weighted by Gasteiger charge is 2.23. The van der Waals surface area contributed by atoms with Crippen LogP contribution in [0.1, 0.15) is 27.0 Å². The second kappa shape index (κ2) is 7.64. The first kappa shape index (κ1) is 17.5. The molecule has 1 atom stereocenters. The number of amides is 1. The van der Waals surface area contributed by atoms with Gasteiger partial charge in [-0.25, -0.2) is 4.79 Å². The van der Waals surface area contributed by atoms with E-state index in [1.54, 1.807) is 12.1 Å². The molecule has 2 aromatic carbocycles. The highest BCUT2D eigenvalue weighted by Crippen LogP contribution is 2.18. The summed E-state index contributed by atoms with van der Waals surface area (Å²) in [6.45, 7) is 3.70. The van der Waals surface area contributed by atoms with Gasteiger partial charge in [-0.05, 0) is 42.7 Å². The SMILES string of the molecule is COC(=O)[C@H](Cc1ccccc1)NC(=O)c1cc(C)c(N)c(C)c1. The summed E-state index contributed by atoms with van der Waals surface area (Å²) >= 11 is 0. The molecular weight excluding hydrogens is 304 g/mol. The van der Waals surface area contributed by atoms with Crippen molar-refractivity contribution in [2.24, 2.45) is 0 Å². The fourth-order valence-electron chi connectivity index (χ4n) is 2.53. The highest BCUT2D eigenvalue weighted by atomic mass is 16.5. The quantitative estimate of drug-likeness (QED) is 0.653. The Bertz CT molecular complexity index is 719. The number of nitrogens with one attached hydrogen (secondary N) is 1. The van der Waals surface area contributed by atoms with Crippen molar-refractivity contribution in [1.29, 1.82) is 0 Å². The number of ether oxygens (including phenoxy) is 1. The maximum Gasteiger partial charge on any atom is 0.328 e. The fourth-order valence-corrected chi connectivity index (χ4v) is 2.53. The average Bonchev–Trinajstić information content (AvgIpc) is 2.58. The van der Waals surface area contributed by atoms with E-state index in [1.807, 2.05) is 44.2 Å². The number of esters is 1. The molecule has 0 fully saturated rings. The zero-order valence-corrected chi connectivity index (χ0v) is 14.1. The van der Waals surface area contributed by atoms with Crippen molar-refractivity contribution >= 4 is 17.6 Å². The molecule has 2 aromatic rings. The number of benzene rings is 2. The van der Waals surface area contributed by atoms with Gasteiger partial charge < -0.3 is 15.8 Å². The predicted octanol–water partition coefficient (Wildman–Crippen LogP) is 2.40. The number of hydrogen-bond acceptors (Lipinski definition) is 4. The topological polar surface area (TPSA) is 81.4 Å². The minimum Gasteiger partial charge on any atom is -0.467 e. The van der Waals surface area contributed by atoms with Crippen LogP contribution in [0.5, 0.6) is 0 Å². The van der Waals surface area contributed by atoms with E-state index < -0.39 is 12.0 Å². The normalized spacial score (nSPS) is 11.6. The van der Waals surface area contributed by atoms with Gasteiger partial charge in [-0.2, -0.15) is 0 Å². The van der Waals surface area contributed by atoms with E-state index in [0.29, 0.717) is 17.7 Å². The number of hydrogen-bond donors (Lipinski definition) is 2. The van der Waals surface area contributed by atoms with Gasteiger partial charge in [0.15, 0.2) is 0 Å². The van der Waals surface area contributed by atoms with Gasteiger partial charge in [0.2, 0.25) is 0 Å². The van der Waals surface area contributed by atoms with E-state index in [9.17, 15) is 9.59 Å². The van der Waals surface area contributed by atoms with Crippen molar-refractivity contribution in [3.8, 4) is 0 Å². The van der Waals surface area contributed by atoms with Crippen molar-refractivity contribution < 1.29 is 14.3 Å².